The monoisotopic (exact) mass is 293 g/mol. The van der Waals surface area contributed by atoms with Gasteiger partial charge in [0.25, 0.3) is 0 Å². The van der Waals surface area contributed by atoms with Gasteiger partial charge in [0.2, 0.25) is 5.91 Å². The number of hydrogen-bond donors (Lipinski definition) is 3. The van der Waals surface area contributed by atoms with Gasteiger partial charge in [-0.15, -0.1) is 0 Å². The molecule has 0 bridgehead atoms. The van der Waals surface area contributed by atoms with Crippen molar-refractivity contribution in [3.8, 4) is 0 Å². The number of para-hydroxylation sites is 1. The second-order valence-corrected chi connectivity index (χ2v) is 4.74. The fourth-order valence-electron chi connectivity index (χ4n) is 1.92. The average molecular weight is 293 g/mol. The van der Waals surface area contributed by atoms with Gasteiger partial charge in [0.15, 0.2) is 0 Å². The van der Waals surface area contributed by atoms with Gasteiger partial charge in [0.1, 0.15) is 5.92 Å². The molecule has 0 fully saturated rings. The SMILES string of the molecule is O=C(O)CCCCCC(C(=O)O)C(=O)Nc1ccccc1. The normalized spacial score (nSPS) is 11.6. The fourth-order valence-corrected chi connectivity index (χ4v) is 1.92. The van der Waals surface area contributed by atoms with Crippen molar-refractivity contribution in [2.45, 2.75) is 32.1 Å². The molecule has 0 aliphatic carbocycles. The van der Waals surface area contributed by atoms with E-state index in [1.54, 1.807) is 30.3 Å². The van der Waals surface area contributed by atoms with Crippen molar-refractivity contribution in [1.29, 1.82) is 0 Å². The van der Waals surface area contributed by atoms with Crippen molar-refractivity contribution in [2.24, 2.45) is 5.92 Å². The van der Waals surface area contributed by atoms with Gasteiger partial charge in [0, 0.05) is 12.1 Å². The van der Waals surface area contributed by atoms with E-state index in [1.165, 1.54) is 0 Å². The van der Waals surface area contributed by atoms with Crippen LogP contribution >= 0.6 is 0 Å². The number of nitrogens with one attached hydrogen (secondary N) is 1. The number of unbranched alkanes of at least 4 members (excludes halogenated alkanes) is 2. The summed E-state index contributed by atoms with van der Waals surface area (Å²) in [6.07, 6.45) is 1.85. The first kappa shape index (κ1) is 16.7. The van der Waals surface area contributed by atoms with Crippen LogP contribution in [0.15, 0.2) is 30.3 Å². The molecule has 0 aliphatic heterocycles. The van der Waals surface area contributed by atoms with Crippen LogP contribution in [0.5, 0.6) is 0 Å². The first-order valence-corrected chi connectivity index (χ1v) is 6.81. The molecule has 6 nitrogen and oxygen atoms in total. The summed E-state index contributed by atoms with van der Waals surface area (Å²) >= 11 is 0. The summed E-state index contributed by atoms with van der Waals surface area (Å²) in [5.74, 6) is -3.70. The number of anilines is 1. The van der Waals surface area contributed by atoms with E-state index in [-0.39, 0.29) is 12.8 Å². The Morgan fingerprint density at radius 1 is 1.00 bits per heavy atom. The molecule has 0 radical (unpaired) electrons. The highest BCUT2D eigenvalue weighted by atomic mass is 16.4. The Morgan fingerprint density at radius 2 is 1.67 bits per heavy atom. The van der Waals surface area contributed by atoms with Crippen LogP contribution in [-0.2, 0) is 14.4 Å². The number of benzene rings is 1. The first-order valence-electron chi connectivity index (χ1n) is 6.81. The third-order valence-corrected chi connectivity index (χ3v) is 3.04. The molecule has 1 rings (SSSR count). The zero-order chi connectivity index (χ0) is 15.7. The molecule has 1 amide bonds. The van der Waals surface area contributed by atoms with Gasteiger partial charge in [-0.2, -0.15) is 0 Å². The van der Waals surface area contributed by atoms with E-state index in [9.17, 15) is 14.4 Å². The lowest BCUT2D eigenvalue weighted by Gasteiger charge is -2.12. The standard InChI is InChI=1S/C15H19NO5/c17-13(18)10-6-2-5-9-12(15(20)21)14(19)16-11-7-3-1-4-8-11/h1,3-4,7-8,12H,2,5-6,9-10H2,(H,16,19)(H,17,18)(H,20,21). The number of rotatable bonds is 9. The van der Waals surface area contributed by atoms with Gasteiger partial charge >= 0.3 is 11.9 Å². The van der Waals surface area contributed by atoms with E-state index in [1.807, 2.05) is 0 Å². The van der Waals surface area contributed by atoms with Crippen LogP contribution in [0.25, 0.3) is 0 Å². The van der Waals surface area contributed by atoms with E-state index < -0.39 is 23.8 Å². The Balaban J connectivity index is 2.43. The molecular weight excluding hydrogens is 274 g/mol. The second-order valence-electron chi connectivity index (χ2n) is 4.74. The lowest BCUT2D eigenvalue weighted by molar-refractivity contribution is -0.146. The summed E-state index contributed by atoms with van der Waals surface area (Å²) in [4.78, 5) is 33.4. The minimum absolute atomic E-state index is 0.0634. The molecule has 1 aromatic rings. The predicted molar refractivity (Wildman–Crippen MR) is 76.9 cm³/mol. The zero-order valence-electron chi connectivity index (χ0n) is 11.6. The van der Waals surface area contributed by atoms with Crippen LogP contribution in [0.2, 0.25) is 0 Å². The largest absolute Gasteiger partial charge is 0.481 e. The molecule has 114 valence electrons. The van der Waals surface area contributed by atoms with Crippen molar-refractivity contribution >= 4 is 23.5 Å². The van der Waals surface area contributed by atoms with Gasteiger partial charge in [-0.1, -0.05) is 31.0 Å². The molecule has 0 saturated heterocycles. The van der Waals surface area contributed by atoms with Crippen molar-refractivity contribution in [3.63, 3.8) is 0 Å². The summed E-state index contributed by atoms with van der Waals surface area (Å²) in [6.45, 7) is 0. The number of hydrogen-bond acceptors (Lipinski definition) is 3. The number of aliphatic carboxylic acids is 2. The van der Waals surface area contributed by atoms with Gasteiger partial charge in [0.05, 0.1) is 0 Å². The summed E-state index contributed by atoms with van der Waals surface area (Å²) in [5.41, 5.74) is 0.555. The Bertz CT molecular complexity index is 486. The van der Waals surface area contributed by atoms with Crippen LogP contribution < -0.4 is 5.32 Å². The molecule has 6 heteroatoms. The molecule has 1 atom stereocenters. The third-order valence-electron chi connectivity index (χ3n) is 3.04. The van der Waals surface area contributed by atoms with E-state index >= 15 is 0 Å². The maximum Gasteiger partial charge on any atom is 0.316 e. The van der Waals surface area contributed by atoms with Gasteiger partial charge in [-0.25, -0.2) is 0 Å². The molecule has 3 N–H and O–H groups in total. The third kappa shape index (κ3) is 6.56. The molecule has 21 heavy (non-hydrogen) atoms. The van der Waals surface area contributed by atoms with E-state index in [0.717, 1.165) is 0 Å². The van der Waals surface area contributed by atoms with Crippen LogP contribution in [0.4, 0.5) is 5.69 Å². The Kier molecular flexibility index (Phi) is 6.94. The lowest BCUT2D eigenvalue weighted by atomic mass is 9.99. The van der Waals surface area contributed by atoms with E-state index in [2.05, 4.69) is 5.32 Å². The molecule has 1 unspecified atom stereocenters. The number of carboxylic acids is 2. The van der Waals surface area contributed by atoms with Crippen molar-refractivity contribution in [1.82, 2.24) is 0 Å². The smallest absolute Gasteiger partial charge is 0.316 e. The van der Waals surface area contributed by atoms with E-state index in [4.69, 9.17) is 10.2 Å². The average Bonchev–Trinajstić information content (AvgIpc) is 2.42. The second kappa shape index (κ2) is 8.73. The number of carbonyl (C=O) groups is 3. The summed E-state index contributed by atoms with van der Waals surface area (Å²) in [5, 5.41) is 20.2. The Morgan fingerprint density at radius 3 is 2.24 bits per heavy atom. The van der Waals surface area contributed by atoms with Crippen LogP contribution in [0.1, 0.15) is 32.1 Å². The summed E-state index contributed by atoms with van der Waals surface area (Å²) < 4.78 is 0. The predicted octanol–water partition coefficient (Wildman–Crippen LogP) is 2.36. The van der Waals surface area contributed by atoms with Crippen LogP contribution in [0, 0.1) is 5.92 Å². The van der Waals surface area contributed by atoms with Gasteiger partial charge in [-0.05, 0) is 25.0 Å². The quantitative estimate of drug-likeness (QED) is 0.479. The molecule has 0 heterocycles. The summed E-state index contributed by atoms with van der Waals surface area (Å²) in [7, 11) is 0. The van der Waals surface area contributed by atoms with Gasteiger partial charge in [-0.3, -0.25) is 14.4 Å². The highest BCUT2D eigenvalue weighted by Gasteiger charge is 2.25. The van der Waals surface area contributed by atoms with E-state index in [0.29, 0.717) is 24.9 Å². The number of amides is 1. The minimum Gasteiger partial charge on any atom is -0.481 e. The summed E-state index contributed by atoms with van der Waals surface area (Å²) in [6, 6.07) is 8.66. The molecule has 0 aromatic heterocycles. The van der Waals surface area contributed by atoms with Crippen molar-refractivity contribution < 1.29 is 24.6 Å². The fraction of sp³-hybridized carbons (Fsp3) is 0.400. The highest BCUT2D eigenvalue weighted by molar-refractivity contribution is 6.04. The number of carboxylic acid groups (broad SMARTS) is 2. The van der Waals surface area contributed by atoms with Crippen LogP contribution in [0.3, 0.4) is 0 Å². The van der Waals surface area contributed by atoms with Crippen molar-refractivity contribution in [3.05, 3.63) is 30.3 Å². The maximum absolute atomic E-state index is 11.9. The minimum atomic E-state index is -1.17. The maximum atomic E-state index is 11.9. The van der Waals surface area contributed by atoms with Crippen LogP contribution in [-0.4, -0.2) is 28.1 Å². The molecule has 0 aliphatic rings. The zero-order valence-corrected chi connectivity index (χ0v) is 11.6. The molecule has 0 spiro atoms. The van der Waals surface area contributed by atoms with Crippen molar-refractivity contribution in [2.75, 3.05) is 5.32 Å². The highest BCUT2D eigenvalue weighted by Crippen LogP contribution is 2.15. The molecular formula is C15H19NO5. The lowest BCUT2D eigenvalue weighted by Crippen LogP contribution is -2.29. The molecule has 0 saturated carbocycles. The topological polar surface area (TPSA) is 104 Å². The first-order chi connectivity index (χ1) is 10.0. The number of carbonyl (C=O) groups excluding carboxylic acids is 1. The Labute approximate surface area is 122 Å². The molecule has 1 aromatic carbocycles. The van der Waals surface area contributed by atoms with Gasteiger partial charge < -0.3 is 15.5 Å². The Hall–Kier alpha value is -2.37.